The number of halogens is 3. The summed E-state index contributed by atoms with van der Waals surface area (Å²) in [5.74, 6) is 2.68. The number of pyridine rings is 1. The Balaban J connectivity index is 1.77. The average molecular weight is 565 g/mol. The number of para-hydroxylation sites is 1. The van der Waals surface area contributed by atoms with Crippen LogP contribution in [0.2, 0.25) is 0 Å². The zero-order chi connectivity index (χ0) is 29.3. The van der Waals surface area contributed by atoms with Crippen LogP contribution in [0.3, 0.4) is 0 Å². The van der Waals surface area contributed by atoms with Gasteiger partial charge in [0.05, 0.1) is 31.7 Å². The van der Waals surface area contributed by atoms with Gasteiger partial charge in [0.2, 0.25) is 17.3 Å². The topological polar surface area (TPSA) is 179 Å². The van der Waals surface area contributed by atoms with E-state index in [9.17, 15) is 27.6 Å². The van der Waals surface area contributed by atoms with Crippen LogP contribution in [0.15, 0.2) is 60.8 Å². The Morgan fingerprint density at radius 1 is 0.975 bits per heavy atom. The first-order valence-electron chi connectivity index (χ1n) is 12.6. The second-order valence-corrected chi connectivity index (χ2v) is 9.15. The molecule has 11 nitrogen and oxygen atoms in total. The molecule has 214 valence electrons. The molecule has 1 aromatic heterocycles. The lowest BCUT2D eigenvalue weighted by Crippen LogP contribution is -2.74. The first-order valence-corrected chi connectivity index (χ1v) is 12.6. The van der Waals surface area contributed by atoms with Gasteiger partial charge < -0.3 is 27.0 Å². The minimum atomic E-state index is -4.51. The van der Waals surface area contributed by atoms with E-state index in [-0.39, 0.29) is 18.9 Å². The Kier molecular flexibility index (Phi) is 10.4. The van der Waals surface area contributed by atoms with Crippen molar-refractivity contribution in [2.75, 3.05) is 38.0 Å². The molecule has 0 bridgehead atoms. The van der Waals surface area contributed by atoms with Crippen molar-refractivity contribution in [3.05, 3.63) is 71.9 Å². The number of carbonyl (C=O) groups excluding carboxylic acids is 3. The Labute approximate surface area is 228 Å². The van der Waals surface area contributed by atoms with Gasteiger partial charge in [-0.2, -0.15) is 18.2 Å². The van der Waals surface area contributed by atoms with Gasteiger partial charge in [0.1, 0.15) is 11.7 Å². The summed E-state index contributed by atoms with van der Waals surface area (Å²) in [5, 5.41) is 7.03. The number of aromatic amines is 1. The lowest BCUT2D eigenvalue weighted by molar-refractivity contribution is -0.544. The van der Waals surface area contributed by atoms with Gasteiger partial charge in [-0.25, -0.2) is 9.78 Å². The number of H-pyrrole nitrogens is 1. The molecular formula is C26H35F3N8O3+4. The molecule has 0 aliphatic carbocycles. The van der Waals surface area contributed by atoms with Crippen molar-refractivity contribution in [3.8, 4) is 0 Å². The van der Waals surface area contributed by atoms with E-state index in [1.54, 1.807) is 12.3 Å². The predicted octanol–water partition coefficient (Wildman–Crippen LogP) is -1.30. The maximum absolute atomic E-state index is 13.3. The van der Waals surface area contributed by atoms with Crippen LogP contribution in [0.4, 0.5) is 23.7 Å². The van der Waals surface area contributed by atoms with Crippen LogP contribution in [-0.2, 0) is 22.2 Å². The molecule has 0 spiro atoms. The van der Waals surface area contributed by atoms with Gasteiger partial charge in [-0.15, -0.1) is 0 Å². The normalized spacial score (nSPS) is 12.1. The van der Waals surface area contributed by atoms with Gasteiger partial charge in [-0.3, -0.25) is 15.4 Å². The van der Waals surface area contributed by atoms with Crippen molar-refractivity contribution in [3.63, 3.8) is 0 Å². The fourth-order valence-corrected chi connectivity index (χ4v) is 4.01. The second-order valence-electron chi connectivity index (χ2n) is 9.15. The molecule has 0 unspecified atom stereocenters. The second kappa shape index (κ2) is 13.7. The van der Waals surface area contributed by atoms with E-state index in [4.69, 9.17) is 0 Å². The number of urea groups is 1. The summed E-state index contributed by atoms with van der Waals surface area (Å²) in [6.45, 7) is 1.41. The van der Waals surface area contributed by atoms with Crippen LogP contribution in [0.5, 0.6) is 0 Å². The molecule has 2 aromatic carbocycles. The van der Waals surface area contributed by atoms with Gasteiger partial charge >= 0.3 is 12.2 Å². The number of fused-ring (bicyclic) bond motifs is 1. The fraction of sp³-hybridized carbons (Fsp3) is 0.308. The van der Waals surface area contributed by atoms with Crippen molar-refractivity contribution in [1.29, 1.82) is 0 Å². The van der Waals surface area contributed by atoms with E-state index in [0.29, 0.717) is 37.4 Å². The van der Waals surface area contributed by atoms with E-state index in [1.807, 2.05) is 24.3 Å². The number of hydrogen-bond acceptors (Lipinski definition) is 3. The van der Waals surface area contributed by atoms with Crippen LogP contribution < -0.4 is 32.9 Å². The molecule has 0 fully saturated rings. The lowest BCUT2D eigenvalue weighted by Gasteiger charge is -2.23. The Morgan fingerprint density at radius 3 is 2.25 bits per heavy atom. The van der Waals surface area contributed by atoms with Gasteiger partial charge in [0, 0.05) is 17.9 Å². The van der Waals surface area contributed by atoms with Crippen LogP contribution in [0, 0.1) is 0 Å². The maximum Gasteiger partial charge on any atom is 0.416 e. The Morgan fingerprint density at radius 2 is 1.62 bits per heavy atom. The number of carbonyl (C=O) groups is 3. The van der Waals surface area contributed by atoms with Crippen LogP contribution >= 0.6 is 0 Å². The number of nitrogens with zero attached hydrogens (tertiary/aromatic N) is 2. The third-order valence-electron chi connectivity index (χ3n) is 6.08. The first-order chi connectivity index (χ1) is 19.0. The molecule has 1 atom stereocenters. The summed E-state index contributed by atoms with van der Waals surface area (Å²) >= 11 is 0. The molecule has 3 rings (SSSR count). The highest BCUT2D eigenvalue weighted by molar-refractivity contribution is 5.98. The number of anilines is 1. The third kappa shape index (κ3) is 8.36. The summed E-state index contributed by atoms with van der Waals surface area (Å²) in [7, 11) is 0. The third-order valence-corrected chi connectivity index (χ3v) is 6.08. The average Bonchev–Trinajstić information content (AvgIpc) is 2.92. The molecule has 0 aliphatic rings. The first kappa shape index (κ1) is 30.3. The summed E-state index contributed by atoms with van der Waals surface area (Å²) in [5.41, 5.74) is 8.32. The molecule has 0 radical (unpaired) electrons. The standard InChI is InChI=1S/C26H31F3N8O3/c27-26(28,29)19-7-5-17(6-8-19)13-22(24(39)34-20-14-18-3-1-2-4-21(18)33-15-20)35-25(40)37(32)16-23(38)36(11-9-30)12-10-31/h1-8,14-15,22H,9-13,16,30-32H2,(H,34,39)(H,35,40)/p+4/t22-/m0/s1. The number of amides is 4. The Bertz CT molecular complexity index is 1310. The highest BCUT2D eigenvalue weighted by Crippen LogP contribution is 2.29. The van der Waals surface area contributed by atoms with Crippen LogP contribution in [-0.4, -0.2) is 66.5 Å². The molecule has 1 heterocycles. The molecule has 0 aliphatic heterocycles. The number of aromatic nitrogens is 1. The van der Waals surface area contributed by atoms with E-state index in [0.717, 1.165) is 28.0 Å². The molecule has 4 amide bonds. The summed E-state index contributed by atoms with van der Waals surface area (Å²) in [6, 6.07) is 11.5. The molecule has 3 aromatic rings. The van der Waals surface area contributed by atoms with Crippen molar-refractivity contribution in [1.82, 2.24) is 15.2 Å². The molecule has 14 heteroatoms. The number of benzene rings is 2. The molecule has 40 heavy (non-hydrogen) atoms. The quantitative estimate of drug-likeness (QED) is 0.182. The maximum atomic E-state index is 13.3. The minimum Gasteiger partial charge on any atom is -0.356 e. The van der Waals surface area contributed by atoms with Crippen molar-refractivity contribution in [2.45, 2.75) is 18.6 Å². The Hall–Kier alpha value is -4.27. The van der Waals surface area contributed by atoms with Gasteiger partial charge in [0.25, 0.3) is 0 Å². The number of quaternary nitrogens is 3. The zero-order valence-corrected chi connectivity index (χ0v) is 22.0. The predicted molar refractivity (Wildman–Crippen MR) is 138 cm³/mol. The van der Waals surface area contributed by atoms with Gasteiger partial charge in [-0.05, 0) is 29.8 Å². The van der Waals surface area contributed by atoms with Crippen LogP contribution in [0.1, 0.15) is 11.1 Å². The highest BCUT2D eigenvalue weighted by Gasteiger charge is 2.31. The SMILES string of the molecule is [NH3+]CCN(CC[NH3+])C(=O)CN([NH3+])C(=O)N[C@@H](Cc1ccc(C(F)(F)F)cc1)C(=O)Nc1c[nH+]c2ccccc2c1. The van der Waals surface area contributed by atoms with Crippen molar-refractivity contribution in [2.24, 2.45) is 0 Å². The lowest BCUT2D eigenvalue weighted by atomic mass is 10.0. The summed E-state index contributed by atoms with van der Waals surface area (Å²) in [6.07, 6.45) is -3.03. The zero-order valence-electron chi connectivity index (χ0n) is 22.0. The molecular weight excluding hydrogens is 529 g/mol. The van der Waals surface area contributed by atoms with Gasteiger partial charge in [-0.1, -0.05) is 24.3 Å². The fourth-order valence-electron chi connectivity index (χ4n) is 4.01. The summed E-state index contributed by atoms with van der Waals surface area (Å²) < 4.78 is 39.0. The van der Waals surface area contributed by atoms with Crippen molar-refractivity contribution < 1.29 is 49.8 Å². The van der Waals surface area contributed by atoms with Crippen LogP contribution in [0.25, 0.3) is 10.9 Å². The molecule has 0 saturated carbocycles. The van der Waals surface area contributed by atoms with Crippen molar-refractivity contribution >= 4 is 34.4 Å². The summed E-state index contributed by atoms with van der Waals surface area (Å²) in [4.78, 5) is 43.5. The number of alkyl halides is 3. The number of rotatable bonds is 11. The monoisotopic (exact) mass is 564 g/mol. The largest absolute Gasteiger partial charge is 0.416 e. The number of hydrogen-bond donors (Lipinski definition) is 5. The van der Waals surface area contributed by atoms with E-state index in [2.05, 4.69) is 32.9 Å². The minimum absolute atomic E-state index is 0.107. The van der Waals surface area contributed by atoms with E-state index < -0.39 is 29.7 Å². The highest BCUT2D eigenvalue weighted by atomic mass is 19.4. The van der Waals surface area contributed by atoms with Gasteiger partial charge in [0.15, 0.2) is 12.7 Å². The smallest absolute Gasteiger partial charge is 0.356 e. The van der Waals surface area contributed by atoms with E-state index in [1.165, 1.54) is 17.0 Å². The molecule has 0 saturated heterocycles. The van der Waals surface area contributed by atoms with E-state index >= 15 is 0 Å². The molecule has 12 N–H and O–H groups in total. The number of nitrogens with one attached hydrogen (secondary N) is 3.